The molecule has 1 aliphatic rings. The summed E-state index contributed by atoms with van der Waals surface area (Å²) in [6.45, 7) is 3.68. The van der Waals surface area contributed by atoms with Crippen molar-refractivity contribution in [3.05, 3.63) is 94.5 Å². The van der Waals surface area contributed by atoms with Crippen molar-refractivity contribution in [2.75, 3.05) is 4.90 Å². The maximum Gasteiger partial charge on any atom is 0.224 e. The average molecular weight is 389 g/mol. The van der Waals surface area contributed by atoms with E-state index in [2.05, 4.69) is 31.2 Å². The van der Waals surface area contributed by atoms with Crippen LogP contribution in [0.4, 0.5) is 11.4 Å². The van der Waals surface area contributed by atoms with E-state index in [-0.39, 0.29) is 11.9 Å². The smallest absolute Gasteiger partial charge is 0.224 e. The lowest BCUT2D eigenvalue weighted by Crippen LogP contribution is -2.33. The summed E-state index contributed by atoms with van der Waals surface area (Å²) in [6.07, 6.45) is 0.624. The topological polar surface area (TPSA) is 32.7 Å². The molecule has 4 heteroatoms. The molecule has 140 valence electrons. The fourth-order valence-electron chi connectivity index (χ4n) is 3.67. The second kappa shape index (κ2) is 7.61. The van der Waals surface area contributed by atoms with Crippen LogP contribution in [0.15, 0.2) is 77.8 Å². The van der Waals surface area contributed by atoms with Crippen molar-refractivity contribution in [3.63, 3.8) is 0 Å². The molecule has 1 heterocycles. The minimum absolute atomic E-state index is 0.00671. The van der Waals surface area contributed by atoms with Crippen molar-refractivity contribution >= 4 is 34.6 Å². The summed E-state index contributed by atoms with van der Waals surface area (Å²) in [5.74, 6) is -0.00671. The fraction of sp³-hybridized carbons (Fsp3) is 0.167. The molecule has 0 fully saturated rings. The van der Waals surface area contributed by atoms with Crippen LogP contribution in [0.2, 0.25) is 5.02 Å². The number of carbonyl (C=O) groups is 1. The molecule has 3 nitrogen and oxygen atoms in total. The lowest BCUT2D eigenvalue weighted by molar-refractivity contribution is -0.117. The van der Waals surface area contributed by atoms with E-state index in [0.717, 1.165) is 28.2 Å². The summed E-state index contributed by atoms with van der Waals surface area (Å²) < 4.78 is 0. The summed E-state index contributed by atoms with van der Waals surface area (Å²) in [7, 11) is 0. The van der Waals surface area contributed by atoms with Gasteiger partial charge in [-0.2, -0.15) is 0 Å². The van der Waals surface area contributed by atoms with E-state index in [1.165, 1.54) is 5.56 Å². The molecule has 28 heavy (non-hydrogen) atoms. The van der Waals surface area contributed by atoms with Crippen LogP contribution >= 0.6 is 11.6 Å². The molecule has 0 saturated carbocycles. The van der Waals surface area contributed by atoms with Gasteiger partial charge in [0.25, 0.3) is 0 Å². The van der Waals surface area contributed by atoms with E-state index >= 15 is 0 Å². The number of amides is 1. The van der Waals surface area contributed by atoms with E-state index in [1.807, 2.05) is 53.4 Å². The minimum atomic E-state index is -0.154. The van der Waals surface area contributed by atoms with Gasteiger partial charge in [0.2, 0.25) is 5.91 Å². The van der Waals surface area contributed by atoms with Crippen LogP contribution < -0.4 is 4.90 Å². The zero-order valence-corrected chi connectivity index (χ0v) is 16.6. The van der Waals surface area contributed by atoms with Gasteiger partial charge < -0.3 is 4.90 Å². The number of carbonyl (C=O) groups excluding carboxylic acids is 1. The predicted octanol–water partition coefficient (Wildman–Crippen LogP) is 6.27. The fourth-order valence-corrected chi connectivity index (χ4v) is 3.79. The van der Waals surface area contributed by atoms with Crippen LogP contribution in [0.5, 0.6) is 0 Å². The molecule has 4 rings (SSSR count). The molecule has 0 radical (unpaired) electrons. The van der Waals surface area contributed by atoms with Gasteiger partial charge >= 0.3 is 0 Å². The summed E-state index contributed by atoms with van der Waals surface area (Å²) in [6, 6.07) is 23.8. The number of rotatable bonds is 2. The van der Waals surface area contributed by atoms with Crippen LogP contribution in [0.3, 0.4) is 0 Å². The molecule has 1 aliphatic heterocycles. The van der Waals surface area contributed by atoms with Crippen LogP contribution in [-0.4, -0.2) is 11.6 Å². The van der Waals surface area contributed by atoms with Gasteiger partial charge in [-0.05, 0) is 42.3 Å². The Bertz CT molecular complexity index is 1040. The van der Waals surface area contributed by atoms with E-state index in [0.29, 0.717) is 11.4 Å². The van der Waals surface area contributed by atoms with E-state index < -0.39 is 0 Å². The van der Waals surface area contributed by atoms with Gasteiger partial charge in [-0.25, -0.2) is 0 Å². The quantitative estimate of drug-likeness (QED) is 0.509. The highest BCUT2D eigenvalue weighted by Crippen LogP contribution is 2.40. The highest BCUT2D eigenvalue weighted by molar-refractivity contribution is 6.30. The molecule has 0 aromatic heterocycles. The number of nitrogens with zero attached hydrogens (tertiary/aromatic N) is 2. The summed E-state index contributed by atoms with van der Waals surface area (Å²) in [4.78, 5) is 19.5. The van der Waals surface area contributed by atoms with Gasteiger partial charge in [0, 0.05) is 18.4 Å². The summed E-state index contributed by atoms with van der Waals surface area (Å²) >= 11 is 6.10. The molecule has 0 N–H and O–H groups in total. The van der Waals surface area contributed by atoms with Gasteiger partial charge in [-0.1, -0.05) is 65.7 Å². The Morgan fingerprint density at radius 2 is 1.68 bits per heavy atom. The highest BCUT2D eigenvalue weighted by Gasteiger charge is 2.30. The largest absolute Gasteiger partial charge is 0.303 e. The van der Waals surface area contributed by atoms with Gasteiger partial charge in [0.05, 0.1) is 23.1 Å². The minimum Gasteiger partial charge on any atom is -0.303 e. The van der Waals surface area contributed by atoms with Gasteiger partial charge in [0.1, 0.15) is 0 Å². The monoisotopic (exact) mass is 388 g/mol. The first-order valence-corrected chi connectivity index (χ1v) is 9.69. The molecule has 1 atom stereocenters. The molecular formula is C24H21ClN2O. The van der Waals surface area contributed by atoms with Crippen LogP contribution in [0.25, 0.3) is 0 Å². The molecule has 0 spiro atoms. The van der Waals surface area contributed by atoms with Crippen molar-refractivity contribution in [1.82, 2.24) is 0 Å². The Morgan fingerprint density at radius 3 is 2.36 bits per heavy atom. The van der Waals surface area contributed by atoms with Gasteiger partial charge in [-0.3, -0.25) is 9.79 Å². The molecule has 0 saturated heterocycles. The highest BCUT2D eigenvalue weighted by atomic mass is 35.5. The maximum atomic E-state index is 12.7. The Balaban J connectivity index is 1.89. The third-order valence-electron chi connectivity index (χ3n) is 5.07. The maximum absolute atomic E-state index is 12.7. The molecule has 3 aromatic rings. The Hall–Kier alpha value is -2.91. The van der Waals surface area contributed by atoms with Crippen molar-refractivity contribution in [2.24, 2.45) is 4.99 Å². The van der Waals surface area contributed by atoms with Crippen molar-refractivity contribution < 1.29 is 4.79 Å². The summed E-state index contributed by atoms with van der Waals surface area (Å²) in [5.41, 5.74) is 5.93. The SMILES string of the molecule is CC(=O)N1c2ccccc2N=C(c2ccc(C)cc2)CC1c1ccc(Cl)cc1. The summed E-state index contributed by atoms with van der Waals surface area (Å²) in [5, 5.41) is 0.680. The van der Waals surface area contributed by atoms with Crippen molar-refractivity contribution in [2.45, 2.75) is 26.3 Å². The van der Waals surface area contributed by atoms with Crippen LogP contribution in [0, 0.1) is 6.92 Å². The molecule has 0 bridgehead atoms. The van der Waals surface area contributed by atoms with Gasteiger partial charge in [-0.15, -0.1) is 0 Å². The second-order valence-electron chi connectivity index (χ2n) is 7.07. The number of anilines is 1. The van der Waals surface area contributed by atoms with Gasteiger partial charge in [0.15, 0.2) is 0 Å². The number of halogens is 1. The molecule has 0 aliphatic carbocycles. The number of aryl methyl sites for hydroxylation is 1. The number of fused-ring (bicyclic) bond motifs is 1. The van der Waals surface area contributed by atoms with E-state index in [4.69, 9.17) is 16.6 Å². The standard InChI is InChI=1S/C24H21ClN2O/c1-16-7-9-18(10-8-16)22-15-24(19-11-13-20(25)14-12-19)27(17(2)28)23-6-4-3-5-21(23)26-22/h3-14,24H,15H2,1-2H3. The normalized spacial score (nSPS) is 16.2. The first-order chi connectivity index (χ1) is 13.5. The molecule has 3 aromatic carbocycles. The number of hydrogen-bond acceptors (Lipinski definition) is 2. The van der Waals surface area contributed by atoms with E-state index in [9.17, 15) is 4.79 Å². The lowest BCUT2D eigenvalue weighted by atomic mass is 9.95. The van der Waals surface area contributed by atoms with Crippen LogP contribution in [-0.2, 0) is 4.79 Å². The Labute approximate surface area is 170 Å². The number of aliphatic imine (C=N–C) groups is 1. The van der Waals surface area contributed by atoms with E-state index in [1.54, 1.807) is 6.92 Å². The third-order valence-corrected chi connectivity index (χ3v) is 5.33. The predicted molar refractivity (Wildman–Crippen MR) is 116 cm³/mol. The first kappa shape index (κ1) is 18.5. The number of hydrogen-bond donors (Lipinski definition) is 0. The average Bonchev–Trinajstić information content (AvgIpc) is 2.86. The first-order valence-electron chi connectivity index (χ1n) is 9.32. The lowest BCUT2D eigenvalue weighted by Gasteiger charge is -2.30. The Kier molecular flexibility index (Phi) is 5.01. The molecule has 1 amide bonds. The zero-order chi connectivity index (χ0) is 19.7. The molecular weight excluding hydrogens is 368 g/mol. The number of para-hydroxylation sites is 2. The van der Waals surface area contributed by atoms with Crippen LogP contribution in [0.1, 0.15) is 36.1 Å². The third kappa shape index (κ3) is 3.58. The number of benzene rings is 3. The zero-order valence-electron chi connectivity index (χ0n) is 15.9. The van der Waals surface area contributed by atoms with Crippen molar-refractivity contribution in [3.8, 4) is 0 Å². The Morgan fingerprint density at radius 1 is 1.00 bits per heavy atom. The second-order valence-corrected chi connectivity index (χ2v) is 7.51. The van der Waals surface area contributed by atoms with Crippen molar-refractivity contribution in [1.29, 1.82) is 0 Å². The molecule has 1 unspecified atom stereocenters.